The van der Waals surface area contributed by atoms with Crippen LogP contribution in [0.4, 0.5) is 0 Å². The van der Waals surface area contributed by atoms with Crippen molar-refractivity contribution in [2.75, 3.05) is 13.7 Å². The van der Waals surface area contributed by atoms with Crippen LogP contribution in [-0.4, -0.2) is 79.5 Å². The number of esters is 1. The fourth-order valence-electron chi connectivity index (χ4n) is 3.38. The highest BCUT2D eigenvalue weighted by Crippen LogP contribution is 2.32. The molecule has 1 heterocycles. The maximum atomic E-state index is 12.6. The summed E-state index contributed by atoms with van der Waals surface area (Å²) in [5, 5.41) is 31.4. The number of hydrogen-bond donors (Lipinski definition) is 3. The van der Waals surface area contributed by atoms with E-state index in [0.717, 1.165) is 0 Å². The summed E-state index contributed by atoms with van der Waals surface area (Å²) in [7, 11) is -0.258. The van der Waals surface area contributed by atoms with E-state index in [1.165, 1.54) is 19.2 Å². The average molecular weight is 507 g/mol. The second kappa shape index (κ2) is 11.5. The first-order chi connectivity index (χ1) is 16.5. The molecule has 1 aliphatic rings. The smallest absolute Gasteiger partial charge is 0.338 e. The van der Waals surface area contributed by atoms with Gasteiger partial charge in [-0.3, -0.25) is 0 Å². The van der Waals surface area contributed by atoms with E-state index in [1.54, 1.807) is 18.2 Å². The van der Waals surface area contributed by atoms with E-state index < -0.39 is 44.7 Å². The Morgan fingerprint density at radius 3 is 2.34 bits per heavy atom. The van der Waals surface area contributed by atoms with E-state index in [0.29, 0.717) is 17.2 Å². The summed E-state index contributed by atoms with van der Waals surface area (Å²) >= 11 is 0. The summed E-state index contributed by atoms with van der Waals surface area (Å²) in [4.78, 5) is 12.6. The van der Waals surface area contributed by atoms with Gasteiger partial charge in [-0.05, 0) is 37.3 Å². The molecule has 10 heteroatoms. The number of methoxy groups -OCH3 is 1. The minimum absolute atomic E-state index is 0.189. The highest BCUT2D eigenvalue weighted by atomic mass is 28.3. The van der Waals surface area contributed by atoms with Gasteiger partial charge in [-0.25, -0.2) is 4.79 Å². The first kappa shape index (κ1) is 27.1. The molecule has 2 aromatic carbocycles. The number of hydrogen-bond acceptors (Lipinski definition) is 9. The predicted octanol–water partition coefficient (Wildman–Crippen LogP) is 2.73. The molecule has 2 aromatic rings. The number of carbonyl (C=O) groups is 1. The third-order valence-electron chi connectivity index (χ3n) is 5.99. The minimum Gasteiger partial charge on any atom is -0.493 e. The molecule has 0 radical (unpaired) electrons. The van der Waals surface area contributed by atoms with Gasteiger partial charge in [0, 0.05) is 5.73 Å². The molecule has 6 atom stereocenters. The number of benzene rings is 2. The number of rotatable bonds is 9. The van der Waals surface area contributed by atoms with Crippen LogP contribution in [0.3, 0.4) is 0 Å². The Morgan fingerprint density at radius 2 is 1.71 bits per heavy atom. The highest BCUT2D eigenvalue weighted by molar-refractivity contribution is 6.77. The summed E-state index contributed by atoms with van der Waals surface area (Å²) in [5.41, 5.74) is 0.00429. The van der Waals surface area contributed by atoms with Gasteiger partial charge in [0.25, 0.3) is 0 Å². The van der Waals surface area contributed by atoms with E-state index in [1.807, 2.05) is 25.1 Å². The minimum atomic E-state index is -1.71. The Hall–Kier alpha value is -2.47. The summed E-state index contributed by atoms with van der Waals surface area (Å²) in [6.07, 6.45) is -6.55. The molecule has 0 aromatic heterocycles. The third kappa shape index (κ3) is 6.81. The molecule has 1 saturated heterocycles. The van der Waals surface area contributed by atoms with E-state index in [2.05, 4.69) is 19.6 Å². The van der Waals surface area contributed by atoms with E-state index in [-0.39, 0.29) is 17.9 Å². The highest BCUT2D eigenvalue weighted by Gasteiger charge is 2.46. The maximum absolute atomic E-state index is 12.6. The van der Waals surface area contributed by atoms with Crippen LogP contribution in [0, 0.1) is 0 Å². The SMILES string of the molecule is COc1cc(C(=O)OC[C@H]2O[C@@H](O)[C@H](OC(C)[Si](C)(C)C)[C@@H](O)[C@@H]2O)ccc1Oc1ccccc1. The Morgan fingerprint density at radius 1 is 1.03 bits per heavy atom. The zero-order chi connectivity index (χ0) is 25.8. The quantitative estimate of drug-likeness (QED) is 0.348. The molecular weight excluding hydrogens is 472 g/mol. The van der Waals surface area contributed by atoms with E-state index >= 15 is 0 Å². The molecule has 192 valence electrons. The Balaban J connectivity index is 1.61. The lowest BCUT2D eigenvalue weighted by atomic mass is 9.99. The summed E-state index contributed by atoms with van der Waals surface area (Å²) in [5.74, 6) is 0.675. The fraction of sp³-hybridized carbons (Fsp3) is 0.480. The Bertz CT molecular complexity index is 979. The van der Waals surface area contributed by atoms with Crippen LogP contribution in [0.1, 0.15) is 17.3 Å². The summed E-state index contributed by atoms with van der Waals surface area (Å²) in [6.45, 7) is 7.77. The van der Waals surface area contributed by atoms with Gasteiger partial charge in [-0.2, -0.15) is 0 Å². The second-order valence-electron chi connectivity index (χ2n) is 9.53. The van der Waals surface area contributed by atoms with Crippen molar-refractivity contribution < 1.29 is 43.8 Å². The molecule has 35 heavy (non-hydrogen) atoms. The molecule has 0 aliphatic carbocycles. The first-order valence-electron chi connectivity index (χ1n) is 11.4. The van der Waals surface area contributed by atoms with Gasteiger partial charge < -0.3 is 39.0 Å². The van der Waals surface area contributed by atoms with Crippen molar-refractivity contribution >= 4 is 14.0 Å². The van der Waals surface area contributed by atoms with Crippen molar-refractivity contribution in [1.29, 1.82) is 0 Å². The lowest BCUT2D eigenvalue weighted by Gasteiger charge is -2.42. The van der Waals surface area contributed by atoms with Crippen molar-refractivity contribution in [1.82, 2.24) is 0 Å². The van der Waals surface area contributed by atoms with Crippen molar-refractivity contribution in [2.45, 2.75) is 63.0 Å². The maximum Gasteiger partial charge on any atom is 0.338 e. The van der Waals surface area contributed by atoms with Gasteiger partial charge in [0.1, 0.15) is 36.8 Å². The van der Waals surface area contributed by atoms with Gasteiger partial charge >= 0.3 is 5.97 Å². The number of para-hydroxylation sites is 1. The molecule has 3 rings (SSSR count). The second-order valence-corrected chi connectivity index (χ2v) is 15.1. The lowest BCUT2D eigenvalue weighted by Crippen LogP contribution is -2.61. The molecule has 9 nitrogen and oxygen atoms in total. The Kier molecular flexibility index (Phi) is 8.92. The zero-order valence-corrected chi connectivity index (χ0v) is 21.6. The van der Waals surface area contributed by atoms with E-state index in [4.69, 9.17) is 23.7 Å². The van der Waals surface area contributed by atoms with Gasteiger partial charge in [-0.15, -0.1) is 0 Å². The third-order valence-corrected chi connectivity index (χ3v) is 8.57. The van der Waals surface area contributed by atoms with Crippen LogP contribution < -0.4 is 9.47 Å². The van der Waals surface area contributed by atoms with Crippen LogP contribution in [0.25, 0.3) is 0 Å². The number of carbonyl (C=O) groups excluding carboxylic acids is 1. The number of aliphatic hydroxyl groups is 3. The molecule has 1 aliphatic heterocycles. The monoisotopic (exact) mass is 506 g/mol. The van der Waals surface area contributed by atoms with Crippen molar-refractivity contribution in [2.24, 2.45) is 0 Å². The summed E-state index contributed by atoms with van der Waals surface area (Å²) in [6, 6.07) is 13.7. The first-order valence-corrected chi connectivity index (χ1v) is 15.0. The predicted molar refractivity (Wildman–Crippen MR) is 130 cm³/mol. The largest absolute Gasteiger partial charge is 0.493 e. The molecule has 3 N–H and O–H groups in total. The molecule has 0 saturated carbocycles. The van der Waals surface area contributed by atoms with Crippen LogP contribution in [-0.2, 0) is 14.2 Å². The Labute approximate surface area is 206 Å². The molecular formula is C25H34O9Si. The van der Waals surface area contributed by atoms with Crippen molar-refractivity contribution in [3.05, 3.63) is 54.1 Å². The number of ether oxygens (including phenoxy) is 5. The molecule has 0 spiro atoms. The van der Waals surface area contributed by atoms with Gasteiger partial charge in [0.2, 0.25) is 0 Å². The van der Waals surface area contributed by atoms with Gasteiger partial charge in [0.05, 0.1) is 20.7 Å². The van der Waals surface area contributed by atoms with Crippen LogP contribution in [0.2, 0.25) is 19.6 Å². The van der Waals surface area contributed by atoms with Crippen LogP contribution in [0.15, 0.2) is 48.5 Å². The summed E-state index contributed by atoms with van der Waals surface area (Å²) < 4.78 is 27.7. The number of aliphatic hydroxyl groups excluding tert-OH is 3. The topological polar surface area (TPSA) is 124 Å². The fourth-order valence-corrected chi connectivity index (χ4v) is 3.95. The van der Waals surface area contributed by atoms with Crippen molar-refractivity contribution in [3.63, 3.8) is 0 Å². The molecule has 1 unspecified atom stereocenters. The lowest BCUT2D eigenvalue weighted by molar-refractivity contribution is -0.298. The van der Waals surface area contributed by atoms with Crippen LogP contribution in [0.5, 0.6) is 17.2 Å². The van der Waals surface area contributed by atoms with Gasteiger partial charge in [0.15, 0.2) is 17.8 Å². The molecule has 0 amide bonds. The van der Waals surface area contributed by atoms with Gasteiger partial charge in [-0.1, -0.05) is 37.8 Å². The molecule has 0 bridgehead atoms. The zero-order valence-electron chi connectivity index (χ0n) is 20.6. The van der Waals surface area contributed by atoms with Crippen LogP contribution >= 0.6 is 0 Å². The van der Waals surface area contributed by atoms with E-state index in [9.17, 15) is 20.1 Å². The molecule has 1 fully saturated rings. The van der Waals surface area contributed by atoms with Crippen molar-refractivity contribution in [3.8, 4) is 17.2 Å². The average Bonchev–Trinajstić information content (AvgIpc) is 2.83. The standard InChI is InChI=1S/C25H34O9Si/c1-15(35(3,4)5)32-23-22(27)21(26)20(34-25(23)29)14-31-24(28)16-11-12-18(19(13-16)30-2)33-17-9-7-6-8-10-17/h6-13,15,20-23,25-27,29H,14H2,1-5H3/t15?,20-,21-,22+,23-,25-/m1/s1. The normalized spacial score (nSPS) is 25.5.